The predicted molar refractivity (Wildman–Crippen MR) is 125 cm³/mol. The lowest BCUT2D eigenvalue weighted by atomic mass is 10.2. The molecule has 1 saturated heterocycles. The van der Waals surface area contributed by atoms with Gasteiger partial charge in [0.05, 0.1) is 12.4 Å². The summed E-state index contributed by atoms with van der Waals surface area (Å²) in [4.78, 5) is 16.5. The Morgan fingerprint density at radius 2 is 1.64 bits per heavy atom. The Bertz CT molecular complexity index is 1160. The van der Waals surface area contributed by atoms with Crippen molar-refractivity contribution in [3.05, 3.63) is 64.9 Å². The summed E-state index contributed by atoms with van der Waals surface area (Å²) in [5.74, 6) is 0.0842. The zero-order valence-electron chi connectivity index (χ0n) is 18.6. The standard InChI is InChI=1S/C24H27F2N5OS/c1-2-4-22(32)29-14-3-13-28(15-16-29)17-30-24(33)31(21-11-9-20(26)10-12-21)23(27-30)18-5-7-19(25)8-6-18/h5-12H,2-4,13-17H2,1H3. The summed E-state index contributed by atoms with van der Waals surface area (Å²) in [7, 11) is 0. The van der Waals surface area contributed by atoms with Gasteiger partial charge in [-0.25, -0.2) is 13.5 Å². The van der Waals surface area contributed by atoms with E-state index < -0.39 is 0 Å². The quantitative estimate of drug-likeness (QED) is 0.492. The molecule has 4 rings (SSSR count). The minimum Gasteiger partial charge on any atom is -0.341 e. The highest BCUT2D eigenvalue weighted by Gasteiger charge is 2.21. The van der Waals surface area contributed by atoms with Gasteiger partial charge in [-0.2, -0.15) is 0 Å². The molecule has 0 unspecified atom stereocenters. The molecule has 1 aromatic heterocycles. The molecule has 0 aliphatic carbocycles. The number of rotatable bonds is 6. The molecule has 9 heteroatoms. The number of nitrogens with zero attached hydrogens (tertiary/aromatic N) is 5. The van der Waals surface area contributed by atoms with Crippen molar-refractivity contribution in [3.8, 4) is 17.1 Å². The van der Waals surface area contributed by atoms with Crippen molar-refractivity contribution in [3.63, 3.8) is 0 Å². The molecule has 6 nitrogen and oxygen atoms in total. The molecule has 1 aliphatic rings. The summed E-state index contributed by atoms with van der Waals surface area (Å²) in [5, 5.41) is 4.75. The second kappa shape index (κ2) is 10.4. The van der Waals surface area contributed by atoms with Crippen molar-refractivity contribution in [2.24, 2.45) is 0 Å². The molecule has 0 spiro atoms. The van der Waals surface area contributed by atoms with E-state index in [-0.39, 0.29) is 17.5 Å². The fourth-order valence-corrected chi connectivity index (χ4v) is 4.32. The van der Waals surface area contributed by atoms with E-state index in [0.717, 1.165) is 32.5 Å². The zero-order chi connectivity index (χ0) is 23.4. The van der Waals surface area contributed by atoms with Crippen LogP contribution in [0.4, 0.5) is 8.78 Å². The van der Waals surface area contributed by atoms with Gasteiger partial charge in [-0.1, -0.05) is 6.92 Å². The molecule has 174 valence electrons. The van der Waals surface area contributed by atoms with Crippen molar-refractivity contribution < 1.29 is 13.6 Å². The van der Waals surface area contributed by atoms with Gasteiger partial charge in [-0.15, -0.1) is 5.10 Å². The fraction of sp³-hybridized carbons (Fsp3) is 0.375. The molecule has 1 amide bonds. The summed E-state index contributed by atoms with van der Waals surface area (Å²) in [5.41, 5.74) is 1.39. The molecule has 2 aromatic carbocycles. The molecule has 3 aromatic rings. The number of hydrogen-bond acceptors (Lipinski definition) is 4. The molecule has 0 N–H and O–H groups in total. The van der Waals surface area contributed by atoms with Crippen molar-refractivity contribution in [1.29, 1.82) is 0 Å². The highest BCUT2D eigenvalue weighted by atomic mass is 32.1. The first-order valence-corrected chi connectivity index (χ1v) is 11.6. The zero-order valence-corrected chi connectivity index (χ0v) is 19.4. The van der Waals surface area contributed by atoms with E-state index in [4.69, 9.17) is 17.3 Å². The number of halogens is 2. The lowest BCUT2D eigenvalue weighted by Crippen LogP contribution is -2.35. The first kappa shape index (κ1) is 23.3. The van der Waals surface area contributed by atoms with Crippen LogP contribution in [-0.2, 0) is 11.5 Å². The van der Waals surface area contributed by atoms with Crippen molar-refractivity contribution in [2.75, 3.05) is 26.2 Å². The molecular weight excluding hydrogens is 444 g/mol. The number of hydrogen-bond donors (Lipinski definition) is 0. The van der Waals surface area contributed by atoms with Crippen LogP contribution in [0.15, 0.2) is 48.5 Å². The molecule has 33 heavy (non-hydrogen) atoms. The number of benzene rings is 2. The van der Waals surface area contributed by atoms with Gasteiger partial charge in [0.25, 0.3) is 0 Å². The summed E-state index contributed by atoms with van der Waals surface area (Å²) < 4.78 is 31.0. The minimum absolute atomic E-state index is 0.204. The number of carbonyl (C=O) groups excluding carboxylic acids is 1. The third kappa shape index (κ3) is 5.36. The molecule has 0 radical (unpaired) electrons. The molecular formula is C24H27F2N5OS. The molecule has 1 aliphatic heterocycles. The third-order valence-electron chi connectivity index (χ3n) is 5.77. The van der Waals surface area contributed by atoms with Gasteiger partial charge in [0.1, 0.15) is 11.6 Å². The van der Waals surface area contributed by atoms with E-state index in [1.54, 1.807) is 33.5 Å². The second-order valence-electron chi connectivity index (χ2n) is 8.17. The maximum Gasteiger partial charge on any atom is 0.222 e. The van der Waals surface area contributed by atoms with Gasteiger partial charge >= 0.3 is 0 Å². The van der Waals surface area contributed by atoms with Crippen molar-refractivity contribution >= 4 is 18.1 Å². The van der Waals surface area contributed by atoms with Crippen LogP contribution in [-0.4, -0.2) is 56.2 Å². The molecule has 0 saturated carbocycles. The fourth-order valence-electron chi connectivity index (χ4n) is 4.03. The SMILES string of the molecule is CCCC(=O)N1CCCN(Cn2nc(-c3ccc(F)cc3)n(-c3ccc(F)cc3)c2=S)CC1. The van der Waals surface area contributed by atoms with Gasteiger partial charge in [-0.3, -0.25) is 14.3 Å². The van der Waals surface area contributed by atoms with E-state index in [9.17, 15) is 13.6 Å². The van der Waals surface area contributed by atoms with Crippen LogP contribution in [0.25, 0.3) is 17.1 Å². The summed E-state index contributed by atoms with van der Waals surface area (Å²) in [6.07, 6.45) is 2.31. The van der Waals surface area contributed by atoms with Crippen LogP contribution in [0.3, 0.4) is 0 Å². The lowest BCUT2D eigenvalue weighted by molar-refractivity contribution is -0.131. The topological polar surface area (TPSA) is 46.3 Å². The number of amides is 1. The monoisotopic (exact) mass is 471 g/mol. The second-order valence-corrected chi connectivity index (χ2v) is 8.53. The Labute approximate surface area is 197 Å². The van der Waals surface area contributed by atoms with Crippen LogP contribution in [0.5, 0.6) is 0 Å². The predicted octanol–water partition coefficient (Wildman–Crippen LogP) is 4.64. The first-order valence-electron chi connectivity index (χ1n) is 11.2. The van der Waals surface area contributed by atoms with Crippen LogP contribution in [0, 0.1) is 16.4 Å². The molecule has 2 heterocycles. The number of carbonyl (C=O) groups is 1. The normalized spacial score (nSPS) is 14.9. The van der Waals surface area contributed by atoms with Crippen LogP contribution < -0.4 is 0 Å². The average molecular weight is 472 g/mol. The third-order valence-corrected chi connectivity index (χ3v) is 6.16. The Balaban J connectivity index is 1.63. The number of aromatic nitrogens is 3. The molecule has 0 atom stereocenters. The van der Waals surface area contributed by atoms with E-state index in [2.05, 4.69) is 4.90 Å². The Morgan fingerprint density at radius 1 is 0.970 bits per heavy atom. The van der Waals surface area contributed by atoms with Crippen molar-refractivity contribution in [2.45, 2.75) is 32.9 Å². The Morgan fingerprint density at radius 3 is 2.30 bits per heavy atom. The highest BCUT2D eigenvalue weighted by molar-refractivity contribution is 7.71. The lowest BCUT2D eigenvalue weighted by Gasteiger charge is -2.21. The average Bonchev–Trinajstić information content (AvgIpc) is 2.97. The smallest absolute Gasteiger partial charge is 0.222 e. The van der Waals surface area contributed by atoms with Gasteiger partial charge < -0.3 is 4.90 Å². The van der Waals surface area contributed by atoms with Crippen molar-refractivity contribution in [1.82, 2.24) is 24.1 Å². The largest absolute Gasteiger partial charge is 0.341 e. The van der Waals surface area contributed by atoms with E-state index in [0.29, 0.717) is 41.5 Å². The Hall–Kier alpha value is -2.91. The van der Waals surface area contributed by atoms with Gasteiger partial charge in [0, 0.05) is 38.2 Å². The van der Waals surface area contributed by atoms with Gasteiger partial charge in [0.15, 0.2) is 5.82 Å². The van der Waals surface area contributed by atoms with Crippen LogP contribution in [0.2, 0.25) is 0 Å². The van der Waals surface area contributed by atoms with E-state index >= 15 is 0 Å². The maximum absolute atomic E-state index is 13.5. The summed E-state index contributed by atoms with van der Waals surface area (Å²) in [6, 6.07) is 12.1. The van der Waals surface area contributed by atoms with E-state index in [1.165, 1.54) is 24.3 Å². The Kier molecular flexibility index (Phi) is 7.29. The van der Waals surface area contributed by atoms with Crippen LogP contribution in [0.1, 0.15) is 26.2 Å². The van der Waals surface area contributed by atoms with Gasteiger partial charge in [-0.05, 0) is 73.6 Å². The first-order chi connectivity index (χ1) is 16.0. The van der Waals surface area contributed by atoms with Crippen LogP contribution >= 0.6 is 12.2 Å². The minimum atomic E-state index is -0.340. The summed E-state index contributed by atoms with van der Waals surface area (Å²) >= 11 is 5.76. The van der Waals surface area contributed by atoms with Gasteiger partial charge in [0.2, 0.25) is 10.7 Å². The van der Waals surface area contributed by atoms with E-state index in [1.807, 2.05) is 11.8 Å². The summed E-state index contributed by atoms with van der Waals surface area (Å²) in [6.45, 7) is 5.47. The maximum atomic E-state index is 13.5. The highest BCUT2D eigenvalue weighted by Crippen LogP contribution is 2.24. The molecule has 0 bridgehead atoms. The molecule has 1 fully saturated rings.